The Morgan fingerprint density at radius 1 is 1.28 bits per heavy atom. The molecule has 1 atom stereocenters. The third kappa shape index (κ3) is 4.37. The summed E-state index contributed by atoms with van der Waals surface area (Å²) in [6.45, 7) is 0.854. The lowest BCUT2D eigenvalue weighted by molar-refractivity contribution is 0.0666. The van der Waals surface area contributed by atoms with Crippen molar-refractivity contribution in [1.82, 2.24) is 10.1 Å². The van der Waals surface area contributed by atoms with E-state index in [9.17, 15) is 9.59 Å². The maximum atomic E-state index is 12.4. The number of aromatic carboxylic acids is 1. The van der Waals surface area contributed by atoms with Gasteiger partial charge in [0.2, 0.25) is 0 Å². The number of carboxylic acids is 1. The van der Waals surface area contributed by atoms with Crippen LogP contribution < -0.4 is 0 Å². The Hall–Kier alpha value is -2.83. The molecule has 1 aromatic carbocycles. The van der Waals surface area contributed by atoms with Crippen LogP contribution in [0.1, 0.15) is 41.1 Å². The number of piperidine rings is 1. The fourth-order valence-corrected chi connectivity index (χ4v) is 3.00. The number of likely N-dealkylation sites (tertiary alicyclic amines) is 1. The van der Waals surface area contributed by atoms with Gasteiger partial charge in [0.1, 0.15) is 12.4 Å². The molecule has 0 radical (unpaired) electrons. The third-order valence-electron chi connectivity index (χ3n) is 4.28. The summed E-state index contributed by atoms with van der Waals surface area (Å²) in [5.41, 5.74) is 0.815. The highest BCUT2D eigenvalue weighted by atomic mass is 16.6. The molecule has 1 unspecified atom stereocenters. The van der Waals surface area contributed by atoms with Gasteiger partial charge in [-0.1, -0.05) is 35.5 Å². The lowest BCUT2D eigenvalue weighted by atomic mass is 9.99. The molecule has 0 aliphatic carbocycles. The van der Waals surface area contributed by atoms with Crippen LogP contribution in [0.15, 0.2) is 40.9 Å². The van der Waals surface area contributed by atoms with Crippen LogP contribution >= 0.6 is 0 Å². The molecule has 2 heterocycles. The number of aromatic nitrogens is 1. The second-order valence-electron chi connectivity index (χ2n) is 6.07. The van der Waals surface area contributed by atoms with Crippen LogP contribution in [0.25, 0.3) is 0 Å². The first-order valence-corrected chi connectivity index (χ1v) is 8.29. The summed E-state index contributed by atoms with van der Waals surface area (Å²) < 4.78 is 10.5. The second-order valence-corrected chi connectivity index (χ2v) is 6.07. The van der Waals surface area contributed by atoms with Crippen LogP contribution in [0.2, 0.25) is 0 Å². The van der Waals surface area contributed by atoms with E-state index in [2.05, 4.69) is 5.16 Å². The first-order valence-electron chi connectivity index (χ1n) is 8.29. The molecule has 25 heavy (non-hydrogen) atoms. The molecule has 2 aromatic rings. The first kappa shape index (κ1) is 17.0. The number of rotatable bonds is 5. The van der Waals surface area contributed by atoms with E-state index >= 15 is 0 Å². The summed E-state index contributed by atoms with van der Waals surface area (Å²) in [5.74, 6) is -0.664. The van der Waals surface area contributed by atoms with Crippen LogP contribution in [-0.4, -0.2) is 39.8 Å². The highest BCUT2D eigenvalue weighted by Crippen LogP contribution is 2.22. The van der Waals surface area contributed by atoms with Crippen LogP contribution in [0.4, 0.5) is 4.79 Å². The molecule has 1 aliphatic heterocycles. The molecule has 1 N–H and O–H groups in total. The van der Waals surface area contributed by atoms with Crippen molar-refractivity contribution in [2.24, 2.45) is 0 Å². The molecule has 1 fully saturated rings. The Morgan fingerprint density at radius 2 is 2.08 bits per heavy atom. The lowest BCUT2D eigenvalue weighted by Gasteiger charge is -2.34. The van der Waals surface area contributed by atoms with Crippen LogP contribution in [-0.2, 0) is 17.8 Å². The number of ether oxygens (including phenoxy) is 1. The molecule has 0 saturated carbocycles. The van der Waals surface area contributed by atoms with Crippen molar-refractivity contribution < 1.29 is 24.0 Å². The number of nitrogens with zero attached hydrogens (tertiary/aromatic N) is 2. The van der Waals surface area contributed by atoms with Crippen molar-refractivity contribution in [1.29, 1.82) is 0 Å². The van der Waals surface area contributed by atoms with Gasteiger partial charge in [0.15, 0.2) is 5.69 Å². The maximum Gasteiger partial charge on any atom is 0.410 e. The van der Waals surface area contributed by atoms with Gasteiger partial charge in [0.25, 0.3) is 0 Å². The van der Waals surface area contributed by atoms with Gasteiger partial charge in [-0.25, -0.2) is 9.59 Å². The minimum atomic E-state index is -1.13. The average Bonchev–Trinajstić information content (AvgIpc) is 3.10. The van der Waals surface area contributed by atoms with Gasteiger partial charge in [0.05, 0.1) is 0 Å². The summed E-state index contributed by atoms with van der Waals surface area (Å²) in [5, 5.41) is 12.4. The van der Waals surface area contributed by atoms with E-state index in [0.29, 0.717) is 18.7 Å². The molecule has 7 nitrogen and oxygen atoms in total. The van der Waals surface area contributed by atoms with Crippen LogP contribution in [0.5, 0.6) is 0 Å². The van der Waals surface area contributed by atoms with Crippen LogP contribution in [0.3, 0.4) is 0 Å². The molecule has 7 heteroatoms. The molecule has 3 rings (SSSR count). The Labute approximate surface area is 145 Å². The Morgan fingerprint density at radius 3 is 2.80 bits per heavy atom. The topological polar surface area (TPSA) is 92.9 Å². The smallest absolute Gasteiger partial charge is 0.410 e. The number of hydrogen-bond donors (Lipinski definition) is 1. The van der Waals surface area contributed by atoms with Gasteiger partial charge >= 0.3 is 12.1 Å². The van der Waals surface area contributed by atoms with Crippen molar-refractivity contribution in [3.8, 4) is 0 Å². The minimum Gasteiger partial charge on any atom is -0.476 e. The van der Waals surface area contributed by atoms with Crippen molar-refractivity contribution in [3.05, 3.63) is 53.4 Å². The predicted octanol–water partition coefficient (Wildman–Crippen LogP) is 3.11. The number of hydrogen-bond acceptors (Lipinski definition) is 5. The molecule has 132 valence electrons. The van der Waals surface area contributed by atoms with Gasteiger partial charge in [0, 0.05) is 25.1 Å². The predicted molar refractivity (Wildman–Crippen MR) is 88.1 cm³/mol. The van der Waals surface area contributed by atoms with Gasteiger partial charge in [-0.15, -0.1) is 0 Å². The molecule has 0 bridgehead atoms. The number of amides is 1. The van der Waals surface area contributed by atoms with E-state index < -0.39 is 5.97 Å². The zero-order valence-corrected chi connectivity index (χ0v) is 13.8. The fraction of sp³-hybridized carbons (Fsp3) is 0.389. The normalized spacial score (nSPS) is 17.3. The summed E-state index contributed by atoms with van der Waals surface area (Å²) in [7, 11) is 0. The third-order valence-corrected chi connectivity index (χ3v) is 4.28. The highest BCUT2D eigenvalue weighted by Gasteiger charge is 2.29. The SMILES string of the molecule is O=C(O)c1cc(CC2CCCCN2C(=O)OCc2ccccc2)on1. The largest absolute Gasteiger partial charge is 0.476 e. The lowest BCUT2D eigenvalue weighted by Crippen LogP contribution is -2.45. The molecule has 0 spiro atoms. The van der Waals surface area contributed by atoms with Crippen LogP contribution in [0, 0.1) is 0 Å². The van der Waals surface area contributed by atoms with E-state index in [4.69, 9.17) is 14.4 Å². The van der Waals surface area contributed by atoms with E-state index in [0.717, 1.165) is 24.8 Å². The standard InChI is InChI=1S/C18H20N2O5/c21-17(22)16-11-15(25-19-16)10-14-8-4-5-9-20(14)18(23)24-12-13-6-2-1-3-7-13/h1-3,6-7,11,14H,4-5,8-10,12H2,(H,21,22). The van der Waals surface area contributed by atoms with Gasteiger partial charge in [-0.3, -0.25) is 0 Å². The molecular weight excluding hydrogens is 324 g/mol. The van der Waals surface area contributed by atoms with Gasteiger partial charge in [-0.2, -0.15) is 0 Å². The number of carboxylic acid groups (broad SMARTS) is 1. The second kappa shape index (κ2) is 7.83. The highest BCUT2D eigenvalue weighted by molar-refractivity contribution is 5.85. The summed E-state index contributed by atoms with van der Waals surface area (Å²) in [6, 6.07) is 10.9. The number of benzene rings is 1. The summed E-state index contributed by atoms with van der Waals surface area (Å²) >= 11 is 0. The monoisotopic (exact) mass is 344 g/mol. The fourth-order valence-electron chi connectivity index (χ4n) is 3.00. The quantitative estimate of drug-likeness (QED) is 0.896. The number of carbonyl (C=O) groups is 2. The van der Waals surface area contributed by atoms with Crippen molar-refractivity contribution in [2.75, 3.05) is 6.54 Å². The van der Waals surface area contributed by atoms with E-state index in [1.165, 1.54) is 6.07 Å². The molecule has 1 amide bonds. The Kier molecular flexibility index (Phi) is 5.33. The summed E-state index contributed by atoms with van der Waals surface area (Å²) in [6.07, 6.45) is 2.83. The first-order chi connectivity index (χ1) is 12.1. The number of carbonyl (C=O) groups excluding carboxylic acids is 1. The maximum absolute atomic E-state index is 12.4. The van der Waals surface area contributed by atoms with E-state index in [-0.39, 0.29) is 24.4 Å². The molecule has 1 saturated heterocycles. The van der Waals surface area contributed by atoms with Crippen molar-refractivity contribution in [2.45, 2.75) is 38.3 Å². The average molecular weight is 344 g/mol. The Balaban J connectivity index is 1.61. The van der Waals surface area contributed by atoms with Gasteiger partial charge < -0.3 is 19.3 Å². The van der Waals surface area contributed by atoms with E-state index in [1.54, 1.807) is 4.90 Å². The van der Waals surface area contributed by atoms with Gasteiger partial charge in [-0.05, 0) is 24.8 Å². The zero-order valence-electron chi connectivity index (χ0n) is 13.8. The van der Waals surface area contributed by atoms with E-state index in [1.807, 2.05) is 30.3 Å². The van der Waals surface area contributed by atoms with Crippen molar-refractivity contribution >= 4 is 12.1 Å². The summed E-state index contributed by atoms with van der Waals surface area (Å²) in [4.78, 5) is 25.0. The van der Waals surface area contributed by atoms with Crippen molar-refractivity contribution in [3.63, 3.8) is 0 Å². The molecular formula is C18H20N2O5. The molecule has 1 aliphatic rings. The Bertz CT molecular complexity index is 728. The molecule has 1 aromatic heterocycles. The zero-order chi connectivity index (χ0) is 17.6. The minimum absolute atomic E-state index is 0.0772.